The van der Waals surface area contributed by atoms with Crippen molar-refractivity contribution >= 4 is 11.8 Å². The zero-order valence-corrected chi connectivity index (χ0v) is 10.4. The first-order valence-corrected chi connectivity index (χ1v) is 6.20. The van der Waals surface area contributed by atoms with Gasteiger partial charge in [0.2, 0.25) is 5.95 Å². The fraction of sp³-hybridized carbons (Fsp3) is 0.667. The minimum absolute atomic E-state index is 0.263. The second kappa shape index (κ2) is 5.31. The van der Waals surface area contributed by atoms with Gasteiger partial charge >= 0.3 is 0 Å². The fourth-order valence-corrected chi connectivity index (χ4v) is 2.03. The lowest BCUT2D eigenvalue weighted by Gasteiger charge is -2.35. The summed E-state index contributed by atoms with van der Waals surface area (Å²) in [6.45, 7) is 6.52. The first-order chi connectivity index (χ1) is 8.20. The SMILES string of the molecule is CCNc1nccc(N2CCC(C)C(O)C2)n1. The number of anilines is 2. The third-order valence-corrected chi connectivity index (χ3v) is 3.22. The normalized spacial score (nSPS) is 24.8. The zero-order chi connectivity index (χ0) is 12.3. The van der Waals surface area contributed by atoms with Gasteiger partial charge in [-0.1, -0.05) is 6.92 Å². The molecule has 5 heteroatoms. The van der Waals surface area contributed by atoms with E-state index >= 15 is 0 Å². The van der Waals surface area contributed by atoms with Crippen molar-refractivity contribution in [1.29, 1.82) is 0 Å². The van der Waals surface area contributed by atoms with Crippen molar-refractivity contribution < 1.29 is 5.11 Å². The number of rotatable bonds is 3. The average Bonchev–Trinajstić information content (AvgIpc) is 2.33. The van der Waals surface area contributed by atoms with Crippen LogP contribution in [-0.4, -0.2) is 40.8 Å². The Bertz CT molecular complexity index is 371. The molecule has 2 rings (SSSR count). The first-order valence-electron chi connectivity index (χ1n) is 6.20. The van der Waals surface area contributed by atoms with E-state index in [4.69, 9.17) is 0 Å². The van der Waals surface area contributed by atoms with Gasteiger partial charge in [-0.15, -0.1) is 0 Å². The number of aliphatic hydroxyl groups is 1. The van der Waals surface area contributed by atoms with Crippen molar-refractivity contribution in [2.75, 3.05) is 29.9 Å². The second-order valence-corrected chi connectivity index (χ2v) is 4.55. The van der Waals surface area contributed by atoms with Gasteiger partial charge in [-0.3, -0.25) is 0 Å². The summed E-state index contributed by atoms with van der Waals surface area (Å²) in [7, 11) is 0. The molecule has 0 aromatic carbocycles. The molecule has 1 aromatic rings. The molecule has 0 amide bonds. The molecule has 1 aromatic heterocycles. The summed E-state index contributed by atoms with van der Waals surface area (Å²) in [5.41, 5.74) is 0. The highest BCUT2D eigenvalue weighted by Gasteiger charge is 2.25. The Morgan fingerprint density at radius 1 is 1.59 bits per heavy atom. The topological polar surface area (TPSA) is 61.3 Å². The fourth-order valence-electron chi connectivity index (χ4n) is 2.03. The van der Waals surface area contributed by atoms with Crippen LogP contribution in [-0.2, 0) is 0 Å². The Morgan fingerprint density at radius 2 is 2.41 bits per heavy atom. The van der Waals surface area contributed by atoms with Crippen molar-refractivity contribution in [3.8, 4) is 0 Å². The maximum absolute atomic E-state index is 9.88. The standard InChI is InChI=1S/C12H20N4O/c1-3-13-12-14-6-4-11(15-12)16-7-5-9(2)10(17)8-16/h4,6,9-10,17H,3,5,7-8H2,1-2H3,(H,13,14,15). The van der Waals surface area contributed by atoms with Crippen molar-refractivity contribution in [3.05, 3.63) is 12.3 Å². The summed E-state index contributed by atoms with van der Waals surface area (Å²) in [6.07, 6.45) is 2.49. The van der Waals surface area contributed by atoms with E-state index in [-0.39, 0.29) is 6.10 Å². The van der Waals surface area contributed by atoms with Gasteiger partial charge < -0.3 is 15.3 Å². The van der Waals surface area contributed by atoms with E-state index < -0.39 is 0 Å². The lowest BCUT2D eigenvalue weighted by atomic mass is 9.96. The van der Waals surface area contributed by atoms with Gasteiger partial charge in [0.15, 0.2) is 0 Å². The van der Waals surface area contributed by atoms with Crippen LogP contribution < -0.4 is 10.2 Å². The number of hydrogen-bond acceptors (Lipinski definition) is 5. The van der Waals surface area contributed by atoms with Gasteiger partial charge in [0.25, 0.3) is 0 Å². The Hall–Kier alpha value is -1.36. The third kappa shape index (κ3) is 2.85. The molecule has 17 heavy (non-hydrogen) atoms. The van der Waals surface area contributed by atoms with Crippen LogP contribution in [0, 0.1) is 5.92 Å². The van der Waals surface area contributed by atoms with E-state index in [0.29, 0.717) is 18.4 Å². The van der Waals surface area contributed by atoms with Crippen LogP contribution >= 0.6 is 0 Å². The Morgan fingerprint density at radius 3 is 3.12 bits per heavy atom. The Kier molecular flexibility index (Phi) is 3.78. The lowest BCUT2D eigenvalue weighted by molar-refractivity contribution is 0.102. The molecule has 1 aliphatic heterocycles. The molecule has 0 radical (unpaired) electrons. The van der Waals surface area contributed by atoms with Crippen LogP contribution in [0.3, 0.4) is 0 Å². The number of aromatic nitrogens is 2. The van der Waals surface area contributed by atoms with Gasteiger partial charge in [-0.2, -0.15) is 4.98 Å². The van der Waals surface area contributed by atoms with Gasteiger partial charge in [-0.25, -0.2) is 4.98 Å². The summed E-state index contributed by atoms with van der Waals surface area (Å²) < 4.78 is 0. The summed E-state index contributed by atoms with van der Waals surface area (Å²) in [6, 6.07) is 1.89. The number of nitrogens with one attached hydrogen (secondary N) is 1. The lowest BCUT2D eigenvalue weighted by Crippen LogP contribution is -2.43. The molecule has 1 saturated heterocycles. The Labute approximate surface area is 102 Å². The number of hydrogen-bond donors (Lipinski definition) is 2. The molecule has 0 spiro atoms. The largest absolute Gasteiger partial charge is 0.391 e. The monoisotopic (exact) mass is 236 g/mol. The van der Waals surface area contributed by atoms with Crippen LogP contribution in [0.15, 0.2) is 12.3 Å². The quantitative estimate of drug-likeness (QED) is 0.823. The van der Waals surface area contributed by atoms with Crippen LogP contribution in [0.1, 0.15) is 20.3 Å². The highest BCUT2D eigenvalue weighted by Crippen LogP contribution is 2.22. The van der Waals surface area contributed by atoms with Crippen molar-refractivity contribution in [3.63, 3.8) is 0 Å². The average molecular weight is 236 g/mol. The highest BCUT2D eigenvalue weighted by atomic mass is 16.3. The second-order valence-electron chi connectivity index (χ2n) is 4.55. The molecule has 0 bridgehead atoms. The van der Waals surface area contributed by atoms with Gasteiger partial charge in [-0.05, 0) is 25.3 Å². The molecule has 2 N–H and O–H groups in total. The molecular formula is C12H20N4O. The van der Waals surface area contributed by atoms with Crippen LogP contribution in [0.2, 0.25) is 0 Å². The van der Waals surface area contributed by atoms with E-state index in [1.165, 1.54) is 0 Å². The summed E-state index contributed by atoms with van der Waals surface area (Å²) in [4.78, 5) is 10.7. The smallest absolute Gasteiger partial charge is 0.224 e. The molecule has 5 nitrogen and oxygen atoms in total. The van der Waals surface area contributed by atoms with E-state index in [0.717, 1.165) is 25.3 Å². The number of β-amino-alcohol motifs (C(OH)–C–C–N with tert-alkyl or cyclic N) is 1. The maximum atomic E-state index is 9.88. The summed E-state index contributed by atoms with van der Waals surface area (Å²) >= 11 is 0. The molecule has 1 aliphatic rings. The minimum Gasteiger partial charge on any atom is -0.391 e. The van der Waals surface area contributed by atoms with Gasteiger partial charge in [0, 0.05) is 25.8 Å². The molecule has 94 valence electrons. The van der Waals surface area contributed by atoms with Gasteiger partial charge in [0.1, 0.15) is 5.82 Å². The highest BCUT2D eigenvalue weighted by molar-refractivity contribution is 5.43. The van der Waals surface area contributed by atoms with Crippen LogP contribution in [0.4, 0.5) is 11.8 Å². The van der Waals surface area contributed by atoms with E-state index in [1.54, 1.807) is 6.20 Å². The van der Waals surface area contributed by atoms with E-state index in [9.17, 15) is 5.11 Å². The van der Waals surface area contributed by atoms with E-state index in [2.05, 4.69) is 27.1 Å². The van der Waals surface area contributed by atoms with Gasteiger partial charge in [0.05, 0.1) is 6.10 Å². The molecule has 0 aliphatic carbocycles. The Balaban J connectivity index is 2.09. The molecule has 1 fully saturated rings. The van der Waals surface area contributed by atoms with E-state index in [1.807, 2.05) is 13.0 Å². The van der Waals surface area contributed by atoms with Crippen molar-refractivity contribution in [2.24, 2.45) is 5.92 Å². The maximum Gasteiger partial charge on any atom is 0.224 e. The predicted octanol–water partition coefficient (Wildman–Crippen LogP) is 1.12. The van der Waals surface area contributed by atoms with Crippen molar-refractivity contribution in [1.82, 2.24) is 9.97 Å². The molecule has 0 saturated carbocycles. The summed E-state index contributed by atoms with van der Waals surface area (Å²) in [5.74, 6) is 1.92. The molecule has 2 heterocycles. The third-order valence-electron chi connectivity index (χ3n) is 3.22. The number of piperidine rings is 1. The molecule has 2 atom stereocenters. The zero-order valence-electron chi connectivity index (χ0n) is 10.4. The molecular weight excluding hydrogens is 216 g/mol. The van der Waals surface area contributed by atoms with Crippen LogP contribution in [0.25, 0.3) is 0 Å². The first kappa shape index (κ1) is 12.1. The van der Waals surface area contributed by atoms with Crippen LogP contribution in [0.5, 0.6) is 0 Å². The summed E-state index contributed by atoms with van der Waals surface area (Å²) in [5, 5.41) is 13.0. The number of aliphatic hydroxyl groups excluding tert-OH is 1. The van der Waals surface area contributed by atoms with Crippen molar-refractivity contribution in [2.45, 2.75) is 26.4 Å². The molecule has 2 unspecified atom stereocenters. The number of nitrogens with zero attached hydrogens (tertiary/aromatic N) is 3. The minimum atomic E-state index is -0.263. The predicted molar refractivity (Wildman–Crippen MR) is 68.2 cm³/mol.